The smallest absolute Gasteiger partial charge is 0.169 e. The van der Waals surface area contributed by atoms with E-state index in [4.69, 9.17) is 15.2 Å². The molecular weight excluding hydrogens is 257 g/mol. The Kier molecular flexibility index (Phi) is 4.58. The van der Waals surface area contributed by atoms with Crippen LogP contribution in [-0.2, 0) is 6.42 Å². The van der Waals surface area contributed by atoms with E-state index in [1.54, 1.807) is 25.3 Å². The zero-order valence-electron chi connectivity index (χ0n) is 11.6. The molecule has 0 fully saturated rings. The minimum Gasteiger partial charge on any atom is -0.493 e. The third kappa shape index (κ3) is 3.27. The fourth-order valence-electron chi connectivity index (χ4n) is 1.99. The zero-order chi connectivity index (χ0) is 14.5. The van der Waals surface area contributed by atoms with E-state index in [1.165, 1.54) is 6.07 Å². The number of rotatable bonds is 5. The van der Waals surface area contributed by atoms with Gasteiger partial charge in [-0.25, -0.2) is 4.39 Å². The van der Waals surface area contributed by atoms with Gasteiger partial charge in [0.1, 0.15) is 0 Å². The molecule has 0 aliphatic rings. The summed E-state index contributed by atoms with van der Waals surface area (Å²) in [5.74, 6) is 0.830. The molecule has 0 heterocycles. The minimum absolute atomic E-state index is 0.0724. The summed E-state index contributed by atoms with van der Waals surface area (Å²) in [6, 6.07) is 11.9. The van der Waals surface area contributed by atoms with Crippen LogP contribution in [0.1, 0.15) is 12.5 Å². The number of hydrogen-bond acceptors (Lipinski definition) is 3. The monoisotopic (exact) mass is 275 g/mol. The number of nitrogens with two attached hydrogens (primary N) is 1. The van der Waals surface area contributed by atoms with Crippen LogP contribution in [0.3, 0.4) is 0 Å². The Hall–Kier alpha value is -2.07. The molecule has 1 unspecified atom stereocenters. The van der Waals surface area contributed by atoms with Crippen molar-refractivity contribution >= 4 is 0 Å². The van der Waals surface area contributed by atoms with E-state index < -0.39 is 5.82 Å². The lowest BCUT2D eigenvalue weighted by molar-refractivity contribution is 0.368. The summed E-state index contributed by atoms with van der Waals surface area (Å²) in [6.45, 7) is 1.87. The highest BCUT2D eigenvalue weighted by molar-refractivity contribution is 5.45. The van der Waals surface area contributed by atoms with Crippen molar-refractivity contribution in [2.45, 2.75) is 19.4 Å². The first-order valence-corrected chi connectivity index (χ1v) is 6.45. The van der Waals surface area contributed by atoms with Gasteiger partial charge in [-0.1, -0.05) is 24.3 Å². The predicted molar refractivity (Wildman–Crippen MR) is 76.8 cm³/mol. The van der Waals surface area contributed by atoms with Gasteiger partial charge in [0.25, 0.3) is 0 Å². The molecule has 106 valence electrons. The topological polar surface area (TPSA) is 44.5 Å². The summed E-state index contributed by atoms with van der Waals surface area (Å²) in [5.41, 5.74) is 6.53. The van der Waals surface area contributed by atoms with Gasteiger partial charge in [-0.05, 0) is 37.1 Å². The molecular formula is C16H18FNO2. The Bertz CT molecular complexity index is 584. The SMILES string of the molecule is COc1ccccc1Oc1c(F)cccc1CC(C)N. The molecule has 0 saturated carbocycles. The second kappa shape index (κ2) is 6.39. The molecule has 0 aromatic heterocycles. The minimum atomic E-state index is -0.408. The van der Waals surface area contributed by atoms with Gasteiger partial charge in [-0.2, -0.15) is 0 Å². The van der Waals surface area contributed by atoms with E-state index in [0.717, 1.165) is 5.56 Å². The van der Waals surface area contributed by atoms with Crippen molar-refractivity contribution in [1.82, 2.24) is 0 Å². The number of benzene rings is 2. The van der Waals surface area contributed by atoms with Crippen molar-refractivity contribution in [3.05, 3.63) is 53.8 Å². The maximum atomic E-state index is 14.0. The van der Waals surface area contributed by atoms with Crippen LogP contribution in [-0.4, -0.2) is 13.2 Å². The van der Waals surface area contributed by atoms with Gasteiger partial charge in [0.2, 0.25) is 0 Å². The molecule has 0 aliphatic heterocycles. The predicted octanol–water partition coefficient (Wildman–Crippen LogP) is 3.52. The van der Waals surface area contributed by atoms with Crippen LogP contribution in [0.2, 0.25) is 0 Å². The fraction of sp³-hybridized carbons (Fsp3) is 0.250. The van der Waals surface area contributed by atoms with Crippen molar-refractivity contribution in [1.29, 1.82) is 0 Å². The third-order valence-corrected chi connectivity index (χ3v) is 2.87. The van der Waals surface area contributed by atoms with E-state index in [2.05, 4.69) is 0 Å². The summed E-state index contributed by atoms with van der Waals surface area (Å²) >= 11 is 0. The Morgan fingerprint density at radius 1 is 1.10 bits per heavy atom. The van der Waals surface area contributed by atoms with Gasteiger partial charge >= 0.3 is 0 Å². The van der Waals surface area contributed by atoms with E-state index in [1.807, 2.05) is 25.1 Å². The van der Waals surface area contributed by atoms with Crippen LogP contribution in [0.15, 0.2) is 42.5 Å². The van der Waals surface area contributed by atoms with Crippen LogP contribution in [0.25, 0.3) is 0 Å². The zero-order valence-corrected chi connectivity index (χ0v) is 11.6. The second-order valence-corrected chi connectivity index (χ2v) is 4.66. The van der Waals surface area contributed by atoms with E-state index >= 15 is 0 Å². The molecule has 0 amide bonds. The quantitative estimate of drug-likeness (QED) is 0.908. The molecule has 2 aromatic carbocycles. The largest absolute Gasteiger partial charge is 0.493 e. The summed E-state index contributed by atoms with van der Waals surface area (Å²) in [4.78, 5) is 0. The Labute approximate surface area is 118 Å². The van der Waals surface area contributed by atoms with Crippen LogP contribution in [0.5, 0.6) is 17.2 Å². The molecule has 2 rings (SSSR count). The van der Waals surface area contributed by atoms with Crippen molar-refractivity contribution in [2.75, 3.05) is 7.11 Å². The Morgan fingerprint density at radius 3 is 2.45 bits per heavy atom. The highest BCUT2D eigenvalue weighted by Crippen LogP contribution is 2.34. The van der Waals surface area contributed by atoms with Gasteiger partial charge in [0, 0.05) is 6.04 Å². The maximum absolute atomic E-state index is 14.0. The van der Waals surface area contributed by atoms with Gasteiger partial charge in [0.05, 0.1) is 7.11 Å². The second-order valence-electron chi connectivity index (χ2n) is 4.66. The van der Waals surface area contributed by atoms with Crippen molar-refractivity contribution < 1.29 is 13.9 Å². The average Bonchev–Trinajstić information content (AvgIpc) is 2.42. The fourth-order valence-corrected chi connectivity index (χ4v) is 1.99. The van der Waals surface area contributed by atoms with Crippen LogP contribution in [0, 0.1) is 5.82 Å². The highest BCUT2D eigenvalue weighted by Gasteiger charge is 2.14. The van der Waals surface area contributed by atoms with Gasteiger partial charge in [-0.15, -0.1) is 0 Å². The summed E-state index contributed by atoms with van der Waals surface area (Å²) in [6.07, 6.45) is 0.544. The van der Waals surface area contributed by atoms with Gasteiger partial charge in [-0.3, -0.25) is 0 Å². The molecule has 2 N–H and O–H groups in total. The lowest BCUT2D eigenvalue weighted by Gasteiger charge is -2.15. The normalized spacial score (nSPS) is 12.0. The number of ether oxygens (including phenoxy) is 2. The lowest BCUT2D eigenvalue weighted by Crippen LogP contribution is -2.18. The number of methoxy groups -OCH3 is 1. The molecule has 1 atom stereocenters. The summed E-state index contributed by atoms with van der Waals surface area (Å²) in [7, 11) is 1.55. The van der Waals surface area contributed by atoms with Crippen molar-refractivity contribution in [2.24, 2.45) is 5.73 Å². The summed E-state index contributed by atoms with van der Waals surface area (Å²) < 4.78 is 24.9. The first-order valence-electron chi connectivity index (χ1n) is 6.45. The van der Waals surface area contributed by atoms with Crippen LogP contribution >= 0.6 is 0 Å². The van der Waals surface area contributed by atoms with Gasteiger partial charge < -0.3 is 15.2 Å². The molecule has 0 aliphatic carbocycles. The molecule has 0 bridgehead atoms. The van der Waals surface area contributed by atoms with E-state index in [9.17, 15) is 4.39 Å². The molecule has 3 nitrogen and oxygen atoms in total. The maximum Gasteiger partial charge on any atom is 0.169 e. The summed E-state index contributed by atoms with van der Waals surface area (Å²) in [5, 5.41) is 0. The van der Waals surface area contributed by atoms with E-state index in [-0.39, 0.29) is 11.8 Å². The molecule has 20 heavy (non-hydrogen) atoms. The lowest BCUT2D eigenvalue weighted by atomic mass is 10.1. The van der Waals surface area contributed by atoms with Crippen molar-refractivity contribution in [3.63, 3.8) is 0 Å². The molecule has 0 radical (unpaired) electrons. The van der Waals surface area contributed by atoms with E-state index in [0.29, 0.717) is 17.9 Å². The Morgan fingerprint density at radius 2 is 1.80 bits per heavy atom. The number of hydrogen-bond donors (Lipinski definition) is 1. The Balaban J connectivity index is 2.37. The van der Waals surface area contributed by atoms with Crippen LogP contribution < -0.4 is 15.2 Å². The third-order valence-electron chi connectivity index (χ3n) is 2.87. The first-order chi connectivity index (χ1) is 9.61. The molecule has 4 heteroatoms. The van der Waals surface area contributed by atoms with Crippen LogP contribution in [0.4, 0.5) is 4.39 Å². The molecule has 2 aromatic rings. The highest BCUT2D eigenvalue weighted by atomic mass is 19.1. The molecule has 0 saturated heterocycles. The van der Waals surface area contributed by atoms with Gasteiger partial charge in [0.15, 0.2) is 23.1 Å². The average molecular weight is 275 g/mol. The standard InChI is InChI=1S/C16H18FNO2/c1-11(18)10-12-6-5-7-13(17)16(12)20-15-9-4-3-8-14(15)19-2/h3-9,11H,10,18H2,1-2H3. The molecule has 0 spiro atoms. The number of para-hydroxylation sites is 3. The van der Waals surface area contributed by atoms with Crippen molar-refractivity contribution in [3.8, 4) is 17.2 Å². The first kappa shape index (κ1) is 14.3. The number of halogens is 1.